The zero-order chi connectivity index (χ0) is 14.7. The van der Waals surface area contributed by atoms with Gasteiger partial charge in [-0.1, -0.05) is 12.8 Å². The molecule has 3 fully saturated rings. The van der Waals surface area contributed by atoms with Gasteiger partial charge in [0.15, 0.2) is 0 Å². The van der Waals surface area contributed by atoms with E-state index < -0.39 is 0 Å². The third-order valence-electron chi connectivity index (χ3n) is 5.91. The maximum absolute atomic E-state index is 6.52. The Morgan fingerprint density at radius 1 is 1.10 bits per heavy atom. The van der Waals surface area contributed by atoms with E-state index in [2.05, 4.69) is 24.1 Å². The first-order valence-electron chi connectivity index (χ1n) is 9.29. The van der Waals surface area contributed by atoms with Crippen molar-refractivity contribution in [3.05, 3.63) is 0 Å². The van der Waals surface area contributed by atoms with Crippen molar-refractivity contribution in [1.82, 2.24) is 10.2 Å². The van der Waals surface area contributed by atoms with Gasteiger partial charge in [0.25, 0.3) is 0 Å². The van der Waals surface area contributed by atoms with Gasteiger partial charge in [0.05, 0.1) is 11.7 Å². The Bertz CT molecular complexity index is 319. The van der Waals surface area contributed by atoms with Gasteiger partial charge in [-0.15, -0.1) is 0 Å². The molecule has 1 saturated carbocycles. The quantitative estimate of drug-likeness (QED) is 0.843. The van der Waals surface area contributed by atoms with Crippen molar-refractivity contribution in [2.75, 3.05) is 26.2 Å². The molecule has 122 valence electrons. The van der Waals surface area contributed by atoms with E-state index in [-0.39, 0.29) is 0 Å². The highest BCUT2D eigenvalue weighted by atomic mass is 16.5. The molecule has 0 aromatic heterocycles. The Balaban J connectivity index is 1.50. The van der Waals surface area contributed by atoms with Gasteiger partial charge in [0, 0.05) is 19.1 Å². The molecule has 0 aromatic carbocycles. The molecule has 2 aliphatic heterocycles. The van der Waals surface area contributed by atoms with Crippen molar-refractivity contribution < 1.29 is 4.74 Å². The van der Waals surface area contributed by atoms with Gasteiger partial charge in [-0.3, -0.25) is 4.90 Å². The van der Waals surface area contributed by atoms with Gasteiger partial charge in [-0.25, -0.2) is 0 Å². The lowest BCUT2D eigenvalue weighted by molar-refractivity contribution is -0.0517. The lowest BCUT2D eigenvalue weighted by Crippen LogP contribution is -2.44. The first kappa shape index (κ1) is 15.8. The van der Waals surface area contributed by atoms with Crippen LogP contribution in [0.1, 0.15) is 65.2 Å². The fourth-order valence-electron chi connectivity index (χ4n) is 4.58. The SMILES string of the molecule is CC(C)N(CC1CCCNC1)CC1CCC2(CCCC2)O1. The molecule has 1 aliphatic carbocycles. The maximum Gasteiger partial charge on any atom is 0.0710 e. The molecule has 0 radical (unpaired) electrons. The van der Waals surface area contributed by atoms with Crippen LogP contribution in [0, 0.1) is 5.92 Å². The minimum Gasteiger partial charge on any atom is -0.370 e. The topological polar surface area (TPSA) is 24.5 Å². The minimum absolute atomic E-state index is 0.291. The number of piperidine rings is 1. The molecule has 3 heteroatoms. The second kappa shape index (κ2) is 6.97. The Morgan fingerprint density at radius 2 is 1.90 bits per heavy atom. The molecule has 0 bridgehead atoms. The summed E-state index contributed by atoms with van der Waals surface area (Å²) in [5.74, 6) is 0.836. The van der Waals surface area contributed by atoms with Crippen molar-refractivity contribution in [3.63, 3.8) is 0 Å². The van der Waals surface area contributed by atoms with Crippen molar-refractivity contribution in [2.45, 2.75) is 83.0 Å². The lowest BCUT2D eigenvalue weighted by atomic mass is 9.97. The van der Waals surface area contributed by atoms with Crippen molar-refractivity contribution in [1.29, 1.82) is 0 Å². The van der Waals surface area contributed by atoms with Crippen LogP contribution in [-0.4, -0.2) is 48.8 Å². The Kier molecular flexibility index (Phi) is 5.23. The van der Waals surface area contributed by atoms with E-state index in [1.165, 1.54) is 71.0 Å². The second-order valence-electron chi connectivity index (χ2n) is 7.93. The fraction of sp³-hybridized carbons (Fsp3) is 1.00. The van der Waals surface area contributed by atoms with Crippen LogP contribution >= 0.6 is 0 Å². The number of hydrogen-bond acceptors (Lipinski definition) is 3. The van der Waals surface area contributed by atoms with Crippen molar-refractivity contribution >= 4 is 0 Å². The molecule has 0 aromatic rings. The van der Waals surface area contributed by atoms with E-state index in [9.17, 15) is 0 Å². The number of nitrogens with one attached hydrogen (secondary N) is 1. The molecule has 1 N–H and O–H groups in total. The number of hydrogen-bond donors (Lipinski definition) is 1. The van der Waals surface area contributed by atoms with E-state index in [0.29, 0.717) is 17.7 Å². The van der Waals surface area contributed by atoms with Gasteiger partial charge >= 0.3 is 0 Å². The summed E-state index contributed by atoms with van der Waals surface area (Å²) in [7, 11) is 0. The van der Waals surface area contributed by atoms with Crippen LogP contribution in [0.4, 0.5) is 0 Å². The molecule has 2 unspecified atom stereocenters. The van der Waals surface area contributed by atoms with Crippen LogP contribution in [0.3, 0.4) is 0 Å². The van der Waals surface area contributed by atoms with Crippen LogP contribution in [0.15, 0.2) is 0 Å². The molecule has 2 saturated heterocycles. The average molecular weight is 294 g/mol. The molecule has 3 aliphatic rings. The number of nitrogens with zero attached hydrogens (tertiary/aromatic N) is 1. The monoisotopic (exact) mass is 294 g/mol. The van der Waals surface area contributed by atoms with E-state index in [1.54, 1.807) is 0 Å². The number of ether oxygens (including phenoxy) is 1. The predicted molar refractivity (Wildman–Crippen MR) is 87.6 cm³/mol. The summed E-state index contributed by atoms with van der Waals surface area (Å²) >= 11 is 0. The van der Waals surface area contributed by atoms with Gasteiger partial charge in [0.1, 0.15) is 0 Å². The van der Waals surface area contributed by atoms with Gasteiger partial charge < -0.3 is 10.1 Å². The smallest absolute Gasteiger partial charge is 0.0710 e. The fourth-order valence-corrected chi connectivity index (χ4v) is 4.58. The summed E-state index contributed by atoms with van der Waals surface area (Å²) in [6.45, 7) is 9.51. The van der Waals surface area contributed by atoms with Gasteiger partial charge in [0.2, 0.25) is 0 Å². The van der Waals surface area contributed by atoms with Crippen LogP contribution in [0.25, 0.3) is 0 Å². The molecule has 2 heterocycles. The van der Waals surface area contributed by atoms with Crippen molar-refractivity contribution in [3.8, 4) is 0 Å². The third kappa shape index (κ3) is 4.00. The molecule has 21 heavy (non-hydrogen) atoms. The first-order valence-corrected chi connectivity index (χ1v) is 9.29. The maximum atomic E-state index is 6.52. The van der Waals surface area contributed by atoms with Crippen molar-refractivity contribution in [2.24, 2.45) is 5.92 Å². The minimum atomic E-state index is 0.291. The summed E-state index contributed by atoms with van der Waals surface area (Å²) in [4.78, 5) is 2.68. The predicted octanol–water partition coefficient (Wildman–Crippen LogP) is 3.19. The normalized spacial score (nSPS) is 32.6. The zero-order valence-corrected chi connectivity index (χ0v) is 14.1. The third-order valence-corrected chi connectivity index (χ3v) is 5.91. The zero-order valence-electron chi connectivity index (χ0n) is 14.1. The standard InChI is InChI=1S/C18H34N2O/c1-15(2)20(13-16-6-5-11-19-12-16)14-17-7-10-18(21-17)8-3-4-9-18/h15-17,19H,3-14H2,1-2H3. The highest BCUT2D eigenvalue weighted by Crippen LogP contribution is 2.43. The van der Waals surface area contributed by atoms with E-state index in [1.807, 2.05) is 0 Å². The summed E-state index contributed by atoms with van der Waals surface area (Å²) in [6.07, 6.45) is 11.2. The molecule has 3 rings (SSSR count). The molecular formula is C18H34N2O. The Morgan fingerprint density at radius 3 is 2.57 bits per heavy atom. The van der Waals surface area contributed by atoms with Crippen LogP contribution in [0.2, 0.25) is 0 Å². The lowest BCUT2D eigenvalue weighted by Gasteiger charge is -2.35. The Hall–Kier alpha value is -0.120. The van der Waals surface area contributed by atoms with Gasteiger partial charge in [-0.2, -0.15) is 0 Å². The summed E-state index contributed by atoms with van der Waals surface area (Å²) < 4.78 is 6.52. The molecule has 1 spiro atoms. The molecule has 3 nitrogen and oxygen atoms in total. The van der Waals surface area contributed by atoms with Gasteiger partial charge in [-0.05, 0) is 71.4 Å². The Labute approximate surface area is 130 Å². The second-order valence-corrected chi connectivity index (χ2v) is 7.93. The van der Waals surface area contributed by atoms with Crippen LogP contribution < -0.4 is 5.32 Å². The summed E-state index contributed by atoms with van der Waals surface area (Å²) in [5, 5.41) is 3.55. The van der Waals surface area contributed by atoms with Crippen LogP contribution in [-0.2, 0) is 4.74 Å². The average Bonchev–Trinajstić information content (AvgIpc) is 3.10. The largest absolute Gasteiger partial charge is 0.370 e. The summed E-state index contributed by atoms with van der Waals surface area (Å²) in [6, 6.07) is 0.635. The highest BCUT2D eigenvalue weighted by Gasteiger charge is 2.42. The van der Waals surface area contributed by atoms with E-state index in [4.69, 9.17) is 4.74 Å². The van der Waals surface area contributed by atoms with E-state index in [0.717, 1.165) is 12.5 Å². The highest BCUT2D eigenvalue weighted by molar-refractivity contribution is 4.93. The number of rotatable bonds is 5. The van der Waals surface area contributed by atoms with Crippen LogP contribution in [0.5, 0.6) is 0 Å². The van der Waals surface area contributed by atoms with E-state index >= 15 is 0 Å². The molecule has 2 atom stereocenters. The molecular weight excluding hydrogens is 260 g/mol. The summed E-state index contributed by atoms with van der Waals surface area (Å²) in [5.41, 5.74) is 0.291. The molecule has 0 amide bonds. The first-order chi connectivity index (χ1) is 10.2.